The van der Waals surface area contributed by atoms with E-state index in [1.807, 2.05) is 26.0 Å². The minimum atomic E-state index is -0.818. The van der Waals surface area contributed by atoms with E-state index in [1.54, 1.807) is 6.07 Å². The van der Waals surface area contributed by atoms with Crippen molar-refractivity contribution in [2.45, 2.75) is 40.5 Å². The monoisotopic (exact) mass is 291 g/mol. The van der Waals surface area contributed by atoms with Gasteiger partial charge in [-0.15, -0.1) is 0 Å². The van der Waals surface area contributed by atoms with Gasteiger partial charge in [0.2, 0.25) is 0 Å². The summed E-state index contributed by atoms with van der Waals surface area (Å²) in [5, 5.41) is 11.8. The van der Waals surface area contributed by atoms with Gasteiger partial charge in [-0.3, -0.25) is 9.59 Å². The lowest BCUT2D eigenvalue weighted by molar-refractivity contribution is -0.138. The van der Waals surface area contributed by atoms with Crippen LogP contribution >= 0.6 is 0 Å². The fourth-order valence-electron chi connectivity index (χ4n) is 2.37. The van der Waals surface area contributed by atoms with Crippen LogP contribution in [0.15, 0.2) is 18.2 Å². The molecule has 0 fully saturated rings. The van der Waals surface area contributed by atoms with Gasteiger partial charge in [0, 0.05) is 18.5 Å². The quantitative estimate of drug-likeness (QED) is 0.811. The Hall–Kier alpha value is -1.84. The van der Waals surface area contributed by atoms with Crippen molar-refractivity contribution in [3.8, 4) is 0 Å². The number of carbonyl (C=O) groups excluding carboxylic acids is 1. The van der Waals surface area contributed by atoms with Crippen molar-refractivity contribution in [1.29, 1.82) is 0 Å². The van der Waals surface area contributed by atoms with E-state index >= 15 is 0 Å². The summed E-state index contributed by atoms with van der Waals surface area (Å²) in [5.74, 6) is -0.579. The van der Waals surface area contributed by atoms with Crippen LogP contribution in [-0.4, -0.2) is 23.5 Å². The van der Waals surface area contributed by atoms with Gasteiger partial charge in [0.05, 0.1) is 0 Å². The molecule has 1 rings (SSSR count). The first kappa shape index (κ1) is 17.2. The number of benzene rings is 1. The molecule has 21 heavy (non-hydrogen) atoms. The van der Waals surface area contributed by atoms with Crippen molar-refractivity contribution < 1.29 is 14.7 Å². The van der Waals surface area contributed by atoms with Crippen molar-refractivity contribution in [3.63, 3.8) is 0 Å². The highest BCUT2D eigenvalue weighted by Crippen LogP contribution is 2.15. The molecule has 1 aromatic rings. The van der Waals surface area contributed by atoms with Crippen molar-refractivity contribution in [3.05, 3.63) is 34.9 Å². The molecule has 0 saturated carbocycles. The predicted octanol–water partition coefficient (Wildman–Crippen LogP) is 3.17. The lowest BCUT2D eigenvalue weighted by Gasteiger charge is -2.18. The maximum absolute atomic E-state index is 12.1. The number of carboxylic acid groups (broad SMARTS) is 1. The first-order valence-corrected chi connectivity index (χ1v) is 7.36. The number of carboxylic acids is 1. The summed E-state index contributed by atoms with van der Waals surface area (Å²) in [6.45, 7) is 8.48. The third-order valence-corrected chi connectivity index (χ3v) is 3.59. The summed E-state index contributed by atoms with van der Waals surface area (Å²) in [7, 11) is 0. The van der Waals surface area contributed by atoms with Crippen molar-refractivity contribution in [2.75, 3.05) is 6.54 Å². The molecule has 1 amide bonds. The van der Waals surface area contributed by atoms with Gasteiger partial charge in [-0.25, -0.2) is 0 Å². The molecule has 2 N–H and O–H groups in total. The highest BCUT2D eigenvalue weighted by Gasteiger charge is 2.16. The zero-order valence-corrected chi connectivity index (χ0v) is 13.3. The normalized spacial score (nSPS) is 12.2. The Morgan fingerprint density at radius 2 is 1.86 bits per heavy atom. The molecule has 1 unspecified atom stereocenters. The Balaban J connectivity index is 2.63. The maximum Gasteiger partial charge on any atom is 0.303 e. The van der Waals surface area contributed by atoms with E-state index in [0.717, 1.165) is 17.5 Å². The van der Waals surface area contributed by atoms with Gasteiger partial charge in [-0.1, -0.05) is 19.9 Å². The zero-order valence-electron chi connectivity index (χ0n) is 13.3. The van der Waals surface area contributed by atoms with E-state index in [4.69, 9.17) is 5.11 Å². The van der Waals surface area contributed by atoms with Gasteiger partial charge in [0.1, 0.15) is 0 Å². The van der Waals surface area contributed by atoms with E-state index in [0.29, 0.717) is 18.0 Å². The second kappa shape index (κ2) is 7.81. The number of hydrogen-bond donors (Lipinski definition) is 2. The minimum Gasteiger partial charge on any atom is -0.481 e. The minimum absolute atomic E-state index is 0.0296. The fraction of sp³-hybridized carbons (Fsp3) is 0.529. The number of nitrogens with one attached hydrogen (secondary N) is 1. The van der Waals surface area contributed by atoms with Crippen LogP contribution in [0.2, 0.25) is 0 Å². The molecule has 0 aromatic heterocycles. The Labute approximate surface area is 126 Å². The number of aryl methyl sites for hydroxylation is 2. The molecular weight excluding hydrogens is 266 g/mol. The van der Waals surface area contributed by atoms with Crippen LogP contribution in [0.4, 0.5) is 0 Å². The van der Waals surface area contributed by atoms with Crippen LogP contribution in [-0.2, 0) is 4.79 Å². The van der Waals surface area contributed by atoms with Crippen molar-refractivity contribution in [1.82, 2.24) is 5.32 Å². The topological polar surface area (TPSA) is 66.4 Å². The maximum atomic E-state index is 12.1. The summed E-state index contributed by atoms with van der Waals surface area (Å²) in [5.41, 5.74) is 2.85. The van der Waals surface area contributed by atoms with Gasteiger partial charge in [-0.2, -0.15) is 0 Å². The standard InChI is InChI=1S/C17H25NO3/c1-11(2)7-14(9-16(19)20)10-18-17(21)15-6-5-12(3)13(4)8-15/h5-6,8,11,14H,7,9-10H2,1-4H3,(H,18,21)(H,19,20). The Morgan fingerprint density at radius 1 is 1.19 bits per heavy atom. The Kier molecular flexibility index (Phi) is 6.40. The molecule has 116 valence electrons. The predicted molar refractivity (Wildman–Crippen MR) is 83.4 cm³/mol. The first-order chi connectivity index (χ1) is 9.79. The van der Waals surface area contributed by atoms with Crippen LogP contribution < -0.4 is 5.32 Å². The number of hydrogen-bond acceptors (Lipinski definition) is 2. The molecule has 0 aliphatic rings. The second-order valence-corrected chi connectivity index (χ2v) is 6.10. The van der Waals surface area contributed by atoms with Crippen LogP contribution in [0.1, 0.15) is 48.2 Å². The number of rotatable bonds is 7. The third-order valence-electron chi connectivity index (χ3n) is 3.59. The van der Waals surface area contributed by atoms with Crippen LogP contribution in [0.3, 0.4) is 0 Å². The molecule has 4 heteroatoms. The Bertz CT molecular complexity index is 509. The molecule has 0 bridgehead atoms. The smallest absolute Gasteiger partial charge is 0.303 e. The second-order valence-electron chi connectivity index (χ2n) is 6.10. The van der Waals surface area contributed by atoms with E-state index in [1.165, 1.54) is 0 Å². The van der Waals surface area contributed by atoms with Crippen LogP contribution in [0.5, 0.6) is 0 Å². The lowest BCUT2D eigenvalue weighted by atomic mass is 9.94. The van der Waals surface area contributed by atoms with Gasteiger partial charge in [-0.05, 0) is 55.4 Å². The van der Waals surface area contributed by atoms with Gasteiger partial charge in [0.15, 0.2) is 0 Å². The zero-order chi connectivity index (χ0) is 16.0. The lowest BCUT2D eigenvalue weighted by Crippen LogP contribution is -2.31. The molecular formula is C17H25NO3. The SMILES string of the molecule is Cc1ccc(C(=O)NCC(CC(=O)O)CC(C)C)cc1C. The van der Waals surface area contributed by atoms with Crippen LogP contribution in [0, 0.1) is 25.7 Å². The molecule has 0 radical (unpaired) electrons. The summed E-state index contributed by atoms with van der Waals surface area (Å²) in [6.07, 6.45) is 0.880. The number of aliphatic carboxylic acids is 1. The average Bonchev–Trinajstić information content (AvgIpc) is 2.37. The average molecular weight is 291 g/mol. The molecule has 4 nitrogen and oxygen atoms in total. The summed E-state index contributed by atoms with van der Waals surface area (Å²) in [4.78, 5) is 23.0. The summed E-state index contributed by atoms with van der Waals surface area (Å²) < 4.78 is 0. The van der Waals surface area contributed by atoms with E-state index in [9.17, 15) is 9.59 Å². The fourth-order valence-corrected chi connectivity index (χ4v) is 2.37. The third kappa shape index (κ3) is 5.98. The summed E-state index contributed by atoms with van der Waals surface area (Å²) in [6, 6.07) is 5.58. The van der Waals surface area contributed by atoms with Gasteiger partial charge < -0.3 is 10.4 Å². The highest BCUT2D eigenvalue weighted by atomic mass is 16.4. The molecule has 1 atom stereocenters. The van der Waals surface area contributed by atoms with E-state index in [-0.39, 0.29) is 18.2 Å². The number of carbonyl (C=O) groups is 2. The molecule has 0 aliphatic carbocycles. The van der Waals surface area contributed by atoms with E-state index in [2.05, 4.69) is 19.2 Å². The largest absolute Gasteiger partial charge is 0.481 e. The first-order valence-electron chi connectivity index (χ1n) is 7.36. The van der Waals surface area contributed by atoms with Crippen molar-refractivity contribution >= 4 is 11.9 Å². The van der Waals surface area contributed by atoms with E-state index < -0.39 is 5.97 Å². The number of amides is 1. The Morgan fingerprint density at radius 3 is 2.38 bits per heavy atom. The summed E-state index contributed by atoms with van der Waals surface area (Å²) >= 11 is 0. The molecule has 0 saturated heterocycles. The molecule has 1 aromatic carbocycles. The molecule has 0 heterocycles. The van der Waals surface area contributed by atoms with Crippen LogP contribution in [0.25, 0.3) is 0 Å². The van der Waals surface area contributed by atoms with Gasteiger partial charge >= 0.3 is 5.97 Å². The van der Waals surface area contributed by atoms with Crippen molar-refractivity contribution in [2.24, 2.45) is 11.8 Å². The van der Waals surface area contributed by atoms with Gasteiger partial charge in [0.25, 0.3) is 5.91 Å². The highest BCUT2D eigenvalue weighted by molar-refractivity contribution is 5.94. The molecule has 0 aliphatic heterocycles. The molecule has 0 spiro atoms.